The Bertz CT molecular complexity index is 321. The highest BCUT2D eigenvalue weighted by Crippen LogP contribution is 2.37. The van der Waals surface area contributed by atoms with Gasteiger partial charge in [0.15, 0.2) is 0 Å². The molecule has 2 N–H and O–H groups in total. The molecule has 0 aliphatic heterocycles. The minimum Gasteiger partial charge on any atom is -0.330 e. The number of nitrogens with two attached hydrogens (primary N) is 1. The number of aryl methyl sites for hydroxylation is 1. The number of hydrogen-bond acceptors (Lipinski definition) is 2. The molecule has 16 heavy (non-hydrogen) atoms. The lowest BCUT2D eigenvalue weighted by atomic mass is 9.75. The lowest BCUT2D eigenvalue weighted by Gasteiger charge is -2.31. The molecule has 1 fully saturated rings. The van der Waals surface area contributed by atoms with Crippen LogP contribution in [0.1, 0.15) is 49.8 Å². The van der Waals surface area contributed by atoms with Crippen LogP contribution in [0.5, 0.6) is 0 Å². The van der Waals surface area contributed by atoms with Crippen LogP contribution in [0.15, 0.2) is 18.3 Å². The van der Waals surface area contributed by atoms with Crippen LogP contribution in [0.25, 0.3) is 0 Å². The fraction of sp³-hybridized carbons (Fsp3) is 0.643. The van der Waals surface area contributed by atoms with Gasteiger partial charge in [0, 0.05) is 23.9 Å². The van der Waals surface area contributed by atoms with Gasteiger partial charge in [-0.2, -0.15) is 0 Å². The molecule has 2 rings (SSSR count). The van der Waals surface area contributed by atoms with Crippen molar-refractivity contribution in [2.24, 2.45) is 5.73 Å². The average molecular weight is 218 g/mol. The molecule has 0 atom stereocenters. The summed E-state index contributed by atoms with van der Waals surface area (Å²) < 4.78 is 0. The van der Waals surface area contributed by atoms with Crippen LogP contribution in [0, 0.1) is 6.92 Å². The third-order valence-electron chi connectivity index (χ3n) is 3.98. The highest BCUT2D eigenvalue weighted by atomic mass is 14.7. The summed E-state index contributed by atoms with van der Waals surface area (Å²) >= 11 is 0. The Morgan fingerprint density at radius 3 is 2.38 bits per heavy atom. The molecular formula is C14H22N2. The first kappa shape index (κ1) is 11.6. The van der Waals surface area contributed by atoms with E-state index in [0.29, 0.717) is 0 Å². The van der Waals surface area contributed by atoms with Crippen molar-refractivity contribution in [2.75, 3.05) is 6.54 Å². The SMILES string of the molecule is Cc1ccc(C2(CN)CCCCCC2)cn1. The maximum Gasteiger partial charge on any atom is 0.0372 e. The first-order valence-electron chi connectivity index (χ1n) is 6.40. The van der Waals surface area contributed by atoms with E-state index in [-0.39, 0.29) is 5.41 Å². The van der Waals surface area contributed by atoms with Crippen molar-refractivity contribution in [1.29, 1.82) is 0 Å². The van der Waals surface area contributed by atoms with E-state index in [2.05, 4.69) is 17.1 Å². The molecule has 1 saturated carbocycles. The Morgan fingerprint density at radius 2 is 1.88 bits per heavy atom. The molecule has 1 aliphatic rings. The zero-order valence-corrected chi connectivity index (χ0v) is 10.2. The molecule has 1 aromatic heterocycles. The summed E-state index contributed by atoms with van der Waals surface area (Å²) in [6, 6.07) is 4.33. The van der Waals surface area contributed by atoms with Gasteiger partial charge in [-0.05, 0) is 31.4 Å². The van der Waals surface area contributed by atoms with Gasteiger partial charge >= 0.3 is 0 Å². The van der Waals surface area contributed by atoms with Crippen molar-refractivity contribution >= 4 is 0 Å². The zero-order chi connectivity index (χ0) is 11.4. The van der Waals surface area contributed by atoms with Gasteiger partial charge in [-0.25, -0.2) is 0 Å². The van der Waals surface area contributed by atoms with Crippen molar-refractivity contribution < 1.29 is 0 Å². The smallest absolute Gasteiger partial charge is 0.0372 e. The van der Waals surface area contributed by atoms with Gasteiger partial charge < -0.3 is 5.73 Å². The largest absolute Gasteiger partial charge is 0.330 e. The summed E-state index contributed by atoms with van der Waals surface area (Å²) in [5, 5.41) is 0. The Hall–Kier alpha value is -0.890. The summed E-state index contributed by atoms with van der Waals surface area (Å²) in [7, 11) is 0. The summed E-state index contributed by atoms with van der Waals surface area (Å²) in [5.41, 5.74) is 8.69. The second-order valence-corrected chi connectivity index (χ2v) is 5.09. The van der Waals surface area contributed by atoms with E-state index in [1.807, 2.05) is 13.1 Å². The lowest BCUT2D eigenvalue weighted by Crippen LogP contribution is -2.34. The summed E-state index contributed by atoms with van der Waals surface area (Å²) in [6.45, 7) is 2.80. The van der Waals surface area contributed by atoms with Crippen molar-refractivity contribution in [2.45, 2.75) is 50.9 Å². The molecule has 0 bridgehead atoms. The minimum absolute atomic E-state index is 0.206. The number of aromatic nitrogens is 1. The van der Waals surface area contributed by atoms with Crippen LogP contribution in [-0.4, -0.2) is 11.5 Å². The van der Waals surface area contributed by atoms with Crippen LogP contribution in [0.3, 0.4) is 0 Å². The summed E-state index contributed by atoms with van der Waals surface area (Å²) in [4.78, 5) is 4.42. The van der Waals surface area contributed by atoms with E-state index in [0.717, 1.165) is 12.2 Å². The second-order valence-electron chi connectivity index (χ2n) is 5.09. The summed E-state index contributed by atoms with van der Waals surface area (Å²) in [5.74, 6) is 0. The minimum atomic E-state index is 0.206. The number of rotatable bonds is 2. The monoisotopic (exact) mass is 218 g/mol. The molecule has 0 spiro atoms. The molecule has 2 nitrogen and oxygen atoms in total. The number of nitrogens with zero attached hydrogens (tertiary/aromatic N) is 1. The van der Waals surface area contributed by atoms with E-state index in [4.69, 9.17) is 5.73 Å². The standard InChI is InChI=1S/C14H22N2/c1-12-6-7-13(10-16-12)14(11-15)8-4-2-3-5-9-14/h6-7,10H,2-5,8-9,11,15H2,1H3. The van der Waals surface area contributed by atoms with Gasteiger partial charge in [-0.1, -0.05) is 31.7 Å². The van der Waals surface area contributed by atoms with Crippen LogP contribution in [0.4, 0.5) is 0 Å². The summed E-state index contributed by atoms with van der Waals surface area (Å²) in [6.07, 6.45) is 9.84. The highest BCUT2D eigenvalue weighted by molar-refractivity contribution is 5.24. The van der Waals surface area contributed by atoms with E-state index >= 15 is 0 Å². The van der Waals surface area contributed by atoms with E-state index in [9.17, 15) is 0 Å². The van der Waals surface area contributed by atoms with E-state index < -0.39 is 0 Å². The maximum atomic E-state index is 6.05. The van der Waals surface area contributed by atoms with Crippen LogP contribution < -0.4 is 5.73 Å². The average Bonchev–Trinajstić information content (AvgIpc) is 2.56. The van der Waals surface area contributed by atoms with Gasteiger partial charge in [0.25, 0.3) is 0 Å². The Balaban J connectivity index is 2.28. The maximum absolute atomic E-state index is 6.05. The first-order chi connectivity index (χ1) is 7.77. The fourth-order valence-electron chi connectivity index (χ4n) is 2.80. The molecule has 0 unspecified atom stereocenters. The van der Waals surface area contributed by atoms with Crippen LogP contribution >= 0.6 is 0 Å². The Kier molecular flexibility index (Phi) is 3.59. The Labute approximate surface area is 98.3 Å². The predicted octanol–water partition coefficient (Wildman–Crippen LogP) is 2.94. The van der Waals surface area contributed by atoms with Crippen molar-refractivity contribution in [3.05, 3.63) is 29.6 Å². The van der Waals surface area contributed by atoms with Gasteiger partial charge in [-0.15, -0.1) is 0 Å². The lowest BCUT2D eigenvalue weighted by molar-refractivity contribution is 0.379. The predicted molar refractivity (Wildman–Crippen MR) is 67.4 cm³/mol. The molecule has 0 aromatic carbocycles. The van der Waals surface area contributed by atoms with E-state index in [1.165, 1.54) is 44.1 Å². The highest BCUT2D eigenvalue weighted by Gasteiger charge is 2.31. The molecule has 1 aromatic rings. The third-order valence-corrected chi connectivity index (χ3v) is 3.98. The van der Waals surface area contributed by atoms with Crippen molar-refractivity contribution in [3.8, 4) is 0 Å². The molecule has 2 heteroatoms. The number of pyridine rings is 1. The van der Waals surface area contributed by atoms with Gasteiger partial charge in [-0.3, -0.25) is 4.98 Å². The zero-order valence-electron chi connectivity index (χ0n) is 10.2. The first-order valence-corrected chi connectivity index (χ1v) is 6.40. The topological polar surface area (TPSA) is 38.9 Å². The van der Waals surface area contributed by atoms with Gasteiger partial charge in [0.2, 0.25) is 0 Å². The fourth-order valence-corrected chi connectivity index (χ4v) is 2.80. The van der Waals surface area contributed by atoms with Gasteiger partial charge in [0.1, 0.15) is 0 Å². The number of hydrogen-bond donors (Lipinski definition) is 1. The molecular weight excluding hydrogens is 196 g/mol. The Morgan fingerprint density at radius 1 is 1.19 bits per heavy atom. The van der Waals surface area contributed by atoms with Crippen molar-refractivity contribution in [3.63, 3.8) is 0 Å². The normalized spacial score (nSPS) is 20.4. The van der Waals surface area contributed by atoms with Crippen LogP contribution in [-0.2, 0) is 5.41 Å². The molecule has 1 aliphatic carbocycles. The quantitative estimate of drug-likeness (QED) is 0.775. The molecule has 0 amide bonds. The van der Waals surface area contributed by atoms with Gasteiger partial charge in [0.05, 0.1) is 0 Å². The second kappa shape index (κ2) is 4.96. The molecule has 1 heterocycles. The molecule has 0 radical (unpaired) electrons. The molecule has 88 valence electrons. The van der Waals surface area contributed by atoms with Crippen LogP contribution in [0.2, 0.25) is 0 Å². The van der Waals surface area contributed by atoms with Crippen molar-refractivity contribution in [1.82, 2.24) is 4.98 Å². The molecule has 0 saturated heterocycles. The van der Waals surface area contributed by atoms with E-state index in [1.54, 1.807) is 0 Å². The third kappa shape index (κ3) is 2.27.